The molecule has 1 aliphatic rings. The van der Waals surface area contributed by atoms with Gasteiger partial charge in [0.05, 0.1) is 19.6 Å². The molecule has 0 radical (unpaired) electrons. The predicted octanol–water partition coefficient (Wildman–Crippen LogP) is 0.793. The number of pyridine rings is 1. The molecular formula is C12H16N2O3. The third-order valence-corrected chi connectivity index (χ3v) is 3.08. The van der Waals surface area contributed by atoms with Crippen LogP contribution in [0, 0.1) is 5.92 Å². The van der Waals surface area contributed by atoms with E-state index in [1.54, 1.807) is 24.5 Å². The highest BCUT2D eigenvalue weighted by Gasteiger charge is 2.38. The lowest BCUT2D eigenvalue weighted by atomic mass is 9.88. The van der Waals surface area contributed by atoms with Crippen molar-refractivity contribution in [1.29, 1.82) is 0 Å². The van der Waals surface area contributed by atoms with E-state index in [1.807, 2.05) is 0 Å². The molecule has 92 valence electrons. The number of rotatable bonds is 2. The maximum atomic E-state index is 11.5. The average Bonchev–Trinajstić information content (AvgIpc) is 2.39. The van der Waals surface area contributed by atoms with E-state index in [4.69, 9.17) is 15.2 Å². The molecule has 0 saturated carbocycles. The van der Waals surface area contributed by atoms with Crippen molar-refractivity contribution in [2.24, 2.45) is 11.7 Å². The van der Waals surface area contributed by atoms with E-state index in [0.717, 1.165) is 5.56 Å². The lowest BCUT2D eigenvalue weighted by molar-refractivity contribution is -0.158. The molecule has 0 aliphatic carbocycles. The van der Waals surface area contributed by atoms with Gasteiger partial charge in [-0.25, -0.2) is 0 Å². The van der Waals surface area contributed by atoms with E-state index in [9.17, 15) is 4.79 Å². The summed E-state index contributed by atoms with van der Waals surface area (Å²) < 4.78 is 10.4. The molecule has 1 saturated heterocycles. The van der Waals surface area contributed by atoms with Gasteiger partial charge in [-0.2, -0.15) is 0 Å². The highest BCUT2D eigenvalue weighted by molar-refractivity contribution is 5.72. The SMILES string of the molecule is COC(=O)C1CCOC(N)(c2ccncc2)C1. The number of hydrogen-bond acceptors (Lipinski definition) is 5. The van der Waals surface area contributed by atoms with Crippen LogP contribution in [0.5, 0.6) is 0 Å². The monoisotopic (exact) mass is 236 g/mol. The molecule has 2 N–H and O–H groups in total. The van der Waals surface area contributed by atoms with Crippen LogP contribution >= 0.6 is 0 Å². The molecule has 5 heteroatoms. The molecule has 17 heavy (non-hydrogen) atoms. The molecule has 2 heterocycles. The number of ether oxygens (including phenoxy) is 2. The van der Waals surface area contributed by atoms with Crippen molar-refractivity contribution < 1.29 is 14.3 Å². The normalized spacial score (nSPS) is 28.7. The van der Waals surface area contributed by atoms with Gasteiger partial charge < -0.3 is 9.47 Å². The van der Waals surface area contributed by atoms with Crippen LogP contribution in [0.3, 0.4) is 0 Å². The van der Waals surface area contributed by atoms with Crippen LogP contribution in [-0.4, -0.2) is 24.7 Å². The van der Waals surface area contributed by atoms with Crippen molar-refractivity contribution in [3.63, 3.8) is 0 Å². The van der Waals surface area contributed by atoms with Gasteiger partial charge in [-0.1, -0.05) is 0 Å². The van der Waals surface area contributed by atoms with Crippen molar-refractivity contribution in [3.8, 4) is 0 Å². The molecule has 1 aliphatic heterocycles. The largest absolute Gasteiger partial charge is 0.469 e. The first-order valence-corrected chi connectivity index (χ1v) is 5.57. The second kappa shape index (κ2) is 4.81. The molecule has 0 bridgehead atoms. The number of nitrogens with two attached hydrogens (primary N) is 1. The van der Waals surface area contributed by atoms with E-state index in [1.165, 1.54) is 7.11 Å². The molecule has 0 amide bonds. The second-order valence-electron chi connectivity index (χ2n) is 4.19. The van der Waals surface area contributed by atoms with Crippen LogP contribution < -0.4 is 5.73 Å². The summed E-state index contributed by atoms with van der Waals surface area (Å²) in [5.41, 5.74) is 6.12. The summed E-state index contributed by atoms with van der Waals surface area (Å²) >= 11 is 0. The van der Waals surface area contributed by atoms with E-state index in [-0.39, 0.29) is 11.9 Å². The first-order chi connectivity index (χ1) is 8.15. The second-order valence-corrected chi connectivity index (χ2v) is 4.19. The van der Waals surface area contributed by atoms with Gasteiger partial charge in [0, 0.05) is 24.4 Å². The molecule has 1 aromatic heterocycles. The molecule has 1 aromatic rings. The van der Waals surface area contributed by atoms with Crippen molar-refractivity contribution in [1.82, 2.24) is 4.98 Å². The van der Waals surface area contributed by atoms with Gasteiger partial charge in [-0.05, 0) is 18.6 Å². The van der Waals surface area contributed by atoms with Crippen LogP contribution in [0.15, 0.2) is 24.5 Å². The molecule has 5 nitrogen and oxygen atoms in total. The summed E-state index contributed by atoms with van der Waals surface area (Å²) in [5.74, 6) is -0.427. The third-order valence-electron chi connectivity index (χ3n) is 3.08. The van der Waals surface area contributed by atoms with Crippen LogP contribution in [-0.2, 0) is 20.0 Å². The predicted molar refractivity (Wildman–Crippen MR) is 60.8 cm³/mol. The van der Waals surface area contributed by atoms with E-state index in [0.29, 0.717) is 19.4 Å². The Kier molecular flexibility index (Phi) is 3.40. The zero-order chi connectivity index (χ0) is 12.3. The minimum atomic E-state index is -0.917. The van der Waals surface area contributed by atoms with Gasteiger partial charge in [0.15, 0.2) is 0 Å². The molecule has 2 unspecified atom stereocenters. The Hall–Kier alpha value is -1.46. The van der Waals surface area contributed by atoms with Crippen molar-refractivity contribution in [2.75, 3.05) is 13.7 Å². The number of carbonyl (C=O) groups excluding carboxylic acids is 1. The van der Waals surface area contributed by atoms with Gasteiger partial charge in [0.2, 0.25) is 0 Å². The number of esters is 1. The van der Waals surface area contributed by atoms with Gasteiger partial charge >= 0.3 is 5.97 Å². The van der Waals surface area contributed by atoms with Crippen molar-refractivity contribution in [3.05, 3.63) is 30.1 Å². The Balaban J connectivity index is 2.18. The molecular weight excluding hydrogens is 220 g/mol. The molecule has 1 fully saturated rings. The van der Waals surface area contributed by atoms with E-state index in [2.05, 4.69) is 4.98 Å². The first kappa shape index (κ1) is 12.0. The minimum absolute atomic E-state index is 0.202. The maximum absolute atomic E-state index is 11.5. The maximum Gasteiger partial charge on any atom is 0.308 e. The lowest BCUT2D eigenvalue weighted by Crippen LogP contribution is -2.46. The number of methoxy groups -OCH3 is 1. The zero-order valence-corrected chi connectivity index (χ0v) is 9.76. The van der Waals surface area contributed by atoms with Gasteiger partial charge in [0.1, 0.15) is 5.72 Å². The topological polar surface area (TPSA) is 74.4 Å². The summed E-state index contributed by atoms with van der Waals surface area (Å²) in [5, 5.41) is 0. The molecule has 0 aromatic carbocycles. The summed E-state index contributed by atoms with van der Waals surface area (Å²) in [4.78, 5) is 15.5. The average molecular weight is 236 g/mol. The lowest BCUT2D eigenvalue weighted by Gasteiger charge is -2.37. The number of carbonyl (C=O) groups is 1. The Morgan fingerprint density at radius 1 is 1.59 bits per heavy atom. The van der Waals surface area contributed by atoms with E-state index >= 15 is 0 Å². The Morgan fingerprint density at radius 2 is 2.29 bits per heavy atom. The summed E-state index contributed by atoms with van der Waals surface area (Å²) in [7, 11) is 1.39. The molecule has 0 spiro atoms. The van der Waals surface area contributed by atoms with Crippen molar-refractivity contribution in [2.45, 2.75) is 18.6 Å². The Labute approximate surface area is 99.9 Å². The van der Waals surface area contributed by atoms with Gasteiger partial charge in [-0.15, -0.1) is 0 Å². The standard InChI is InChI=1S/C12H16N2O3/c1-16-11(15)9-4-7-17-12(13,8-9)10-2-5-14-6-3-10/h2-3,5-6,9H,4,7-8,13H2,1H3. The molecule has 2 rings (SSSR count). The number of nitrogens with zero attached hydrogens (tertiary/aromatic N) is 1. The fourth-order valence-electron chi connectivity index (χ4n) is 2.11. The van der Waals surface area contributed by atoms with Gasteiger partial charge in [0.25, 0.3) is 0 Å². The smallest absolute Gasteiger partial charge is 0.308 e. The van der Waals surface area contributed by atoms with Crippen LogP contribution in [0.25, 0.3) is 0 Å². The quantitative estimate of drug-likeness (QED) is 0.768. The highest BCUT2D eigenvalue weighted by atomic mass is 16.5. The van der Waals surface area contributed by atoms with Crippen LogP contribution in [0.1, 0.15) is 18.4 Å². The summed E-state index contributed by atoms with van der Waals surface area (Å²) in [6, 6.07) is 3.61. The van der Waals surface area contributed by atoms with Crippen LogP contribution in [0.4, 0.5) is 0 Å². The minimum Gasteiger partial charge on any atom is -0.469 e. The van der Waals surface area contributed by atoms with Gasteiger partial charge in [-0.3, -0.25) is 15.5 Å². The Bertz CT molecular complexity index is 396. The fraction of sp³-hybridized carbons (Fsp3) is 0.500. The number of aromatic nitrogens is 1. The Morgan fingerprint density at radius 3 is 2.94 bits per heavy atom. The fourth-order valence-corrected chi connectivity index (χ4v) is 2.11. The third kappa shape index (κ3) is 2.45. The zero-order valence-electron chi connectivity index (χ0n) is 9.76. The molecule has 2 atom stereocenters. The summed E-state index contributed by atoms with van der Waals surface area (Å²) in [6.07, 6.45) is 4.41. The van der Waals surface area contributed by atoms with E-state index < -0.39 is 5.72 Å². The first-order valence-electron chi connectivity index (χ1n) is 5.57. The highest BCUT2D eigenvalue weighted by Crippen LogP contribution is 2.33. The van der Waals surface area contributed by atoms with Crippen LogP contribution in [0.2, 0.25) is 0 Å². The van der Waals surface area contributed by atoms with Crippen molar-refractivity contribution >= 4 is 5.97 Å². The number of hydrogen-bond donors (Lipinski definition) is 1. The summed E-state index contributed by atoms with van der Waals surface area (Å²) in [6.45, 7) is 0.457.